The molecule has 0 spiro atoms. The van der Waals surface area contributed by atoms with Crippen molar-refractivity contribution in [2.45, 2.75) is 6.92 Å². The van der Waals surface area contributed by atoms with Crippen molar-refractivity contribution in [3.8, 4) is 0 Å². The highest BCUT2D eigenvalue weighted by molar-refractivity contribution is 7.99. The first kappa shape index (κ1) is 11.8. The van der Waals surface area contributed by atoms with E-state index in [1.807, 2.05) is 6.08 Å². The van der Waals surface area contributed by atoms with E-state index in [0.717, 1.165) is 11.5 Å². The summed E-state index contributed by atoms with van der Waals surface area (Å²) in [4.78, 5) is 15.3. The van der Waals surface area contributed by atoms with E-state index < -0.39 is 0 Å². The van der Waals surface area contributed by atoms with E-state index in [-0.39, 0.29) is 11.7 Å². The molecule has 0 atom stereocenters. The van der Waals surface area contributed by atoms with E-state index in [2.05, 4.69) is 27.1 Å². The second-order valence-corrected chi connectivity index (χ2v) is 4.01. The van der Waals surface area contributed by atoms with Crippen LogP contribution in [0.1, 0.15) is 16.4 Å². The maximum absolute atomic E-state index is 11.4. The molecule has 82 valence electrons. The molecule has 1 rings (SSSR count). The number of hydrogen-bond acceptors (Lipinski definition) is 4. The van der Waals surface area contributed by atoms with Crippen LogP contribution in [-0.4, -0.2) is 39.1 Å². The summed E-state index contributed by atoms with van der Waals surface area (Å²) in [7, 11) is 0. The molecule has 0 aliphatic rings. The van der Waals surface area contributed by atoms with Gasteiger partial charge >= 0.3 is 0 Å². The molecule has 5 nitrogen and oxygen atoms in total. The van der Waals surface area contributed by atoms with Gasteiger partial charge in [-0.05, 0) is 6.92 Å². The summed E-state index contributed by atoms with van der Waals surface area (Å²) in [6, 6.07) is 0. The van der Waals surface area contributed by atoms with Crippen molar-refractivity contribution in [2.24, 2.45) is 0 Å². The molecule has 2 N–H and O–H groups in total. The normalized spacial score (nSPS) is 9.93. The molecule has 0 radical (unpaired) electrons. The van der Waals surface area contributed by atoms with Crippen molar-refractivity contribution < 1.29 is 4.79 Å². The summed E-state index contributed by atoms with van der Waals surface area (Å²) in [5.74, 6) is 2.36. The summed E-state index contributed by atoms with van der Waals surface area (Å²) in [5.41, 5.74) is 0. The Bertz CT molecular complexity index is 337. The van der Waals surface area contributed by atoms with Gasteiger partial charge in [-0.1, -0.05) is 6.08 Å². The number of carbonyl (C=O) groups is 1. The van der Waals surface area contributed by atoms with E-state index >= 15 is 0 Å². The average Bonchev–Trinajstić information content (AvgIpc) is 2.64. The molecule has 0 aromatic carbocycles. The number of thioether (sulfide) groups is 1. The number of amides is 1. The molecule has 1 amide bonds. The third-order valence-corrected chi connectivity index (χ3v) is 2.53. The van der Waals surface area contributed by atoms with Crippen LogP contribution in [0.5, 0.6) is 0 Å². The van der Waals surface area contributed by atoms with Gasteiger partial charge in [0.05, 0.1) is 0 Å². The topological polar surface area (TPSA) is 70.7 Å². The van der Waals surface area contributed by atoms with Gasteiger partial charge in [0.1, 0.15) is 5.82 Å². The van der Waals surface area contributed by atoms with Crippen molar-refractivity contribution >= 4 is 17.7 Å². The number of aromatic amines is 1. The van der Waals surface area contributed by atoms with E-state index in [0.29, 0.717) is 12.4 Å². The number of rotatable bonds is 6. The van der Waals surface area contributed by atoms with Gasteiger partial charge in [-0.25, -0.2) is 4.98 Å². The molecular weight excluding hydrogens is 212 g/mol. The Balaban J connectivity index is 2.22. The molecular formula is C9H14N4OS. The fraction of sp³-hybridized carbons (Fsp3) is 0.444. The van der Waals surface area contributed by atoms with E-state index in [4.69, 9.17) is 0 Å². The Kier molecular flexibility index (Phi) is 4.89. The number of hydrogen-bond donors (Lipinski definition) is 2. The predicted molar refractivity (Wildman–Crippen MR) is 61.0 cm³/mol. The van der Waals surface area contributed by atoms with Crippen molar-refractivity contribution in [1.82, 2.24) is 20.5 Å². The first-order valence-corrected chi connectivity index (χ1v) is 5.75. The summed E-state index contributed by atoms with van der Waals surface area (Å²) in [6.07, 6.45) is 1.84. The number of nitrogens with zero attached hydrogens (tertiary/aromatic N) is 2. The largest absolute Gasteiger partial charge is 0.348 e. The summed E-state index contributed by atoms with van der Waals surface area (Å²) >= 11 is 1.71. The van der Waals surface area contributed by atoms with Crippen LogP contribution in [0.4, 0.5) is 0 Å². The Labute approximate surface area is 92.7 Å². The zero-order valence-corrected chi connectivity index (χ0v) is 9.43. The minimum absolute atomic E-state index is 0.196. The van der Waals surface area contributed by atoms with Crippen LogP contribution in [0.2, 0.25) is 0 Å². The fourth-order valence-corrected chi connectivity index (χ4v) is 1.51. The molecule has 1 aromatic heterocycles. The second kappa shape index (κ2) is 6.23. The van der Waals surface area contributed by atoms with Crippen LogP contribution < -0.4 is 5.32 Å². The quantitative estimate of drug-likeness (QED) is 0.555. The molecule has 0 aliphatic heterocycles. The molecule has 15 heavy (non-hydrogen) atoms. The predicted octanol–water partition coefficient (Wildman–Crippen LogP) is 0.762. The highest BCUT2D eigenvalue weighted by Crippen LogP contribution is 1.97. The van der Waals surface area contributed by atoms with Gasteiger partial charge in [-0.2, -0.15) is 11.8 Å². The number of nitrogens with one attached hydrogen (secondary N) is 2. The lowest BCUT2D eigenvalue weighted by molar-refractivity contribution is 0.0946. The molecule has 0 bridgehead atoms. The third kappa shape index (κ3) is 4.16. The molecule has 6 heteroatoms. The molecule has 0 fully saturated rings. The van der Waals surface area contributed by atoms with Gasteiger partial charge in [0.2, 0.25) is 5.82 Å². The fourth-order valence-electron chi connectivity index (χ4n) is 0.927. The lowest BCUT2D eigenvalue weighted by Crippen LogP contribution is -2.26. The molecule has 1 heterocycles. The molecule has 0 saturated carbocycles. The minimum Gasteiger partial charge on any atom is -0.348 e. The highest BCUT2D eigenvalue weighted by atomic mass is 32.2. The molecule has 0 unspecified atom stereocenters. The maximum Gasteiger partial charge on any atom is 0.290 e. The zero-order chi connectivity index (χ0) is 11.1. The lowest BCUT2D eigenvalue weighted by atomic mass is 10.5. The third-order valence-electron chi connectivity index (χ3n) is 1.57. The first-order chi connectivity index (χ1) is 7.24. The number of carbonyl (C=O) groups excluding carboxylic acids is 1. The van der Waals surface area contributed by atoms with Crippen LogP contribution in [0.15, 0.2) is 12.7 Å². The van der Waals surface area contributed by atoms with Gasteiger partial charge in [-0.3, -0.25) is 9.89 Å². The number of H-pyrrole nitrogens is 1. The van der Waals surface area contributed by atoms with Gasteiger partial charge in [0.25, 0.3) is 5.91 Å². The van der Waals surface area contributed by atoms with Crippen LogP contribution >= 0.6 is 11.8 Å². The summed E-state index contributed by atoms with van der Waals surface area (Å²) in [5, 5.41) is 9.11. The van der Waals surface area contributed by atoms with E-state index in [1.54, 1.807) is 18.7 Å². The second-order valence-electron chi connectivity index (χ2n) is 2.86. The van der Waals surface area contributed by atoms with E-state index in [9.17, 15) is 4.79 Å². The maximum atomic E-state index is 11.4. The zero-order valence-electron chi connectivity index (χ0n) is 8.62. The SMILES string of the molecule is C=CCSCCNC(=O)c1n[nH]c(C)n1. The van der Waals surface area contributed by atoms with Gasteiger partial charge in [0.15, 0.2) is 0 Å². The summed E-state index contributed by atoms with van der Waals surface area (Å²) < 4.78 is 0. The Hall–Kier alpha value is -1.30. The van der Waals surface area contributed by atoms with Crippen LogP contribution in [0, 0.1) is 6.92 Å². The lowest BCUT2D eigenvalue weighted by Gasteiger charge is -2.00. The molecule has 0 saturated heterocycles. The number of aromatic nitrogens is 3. The smallest absolute Gasteiger partial charge is 0.290 e. The standard InChI is InChI=1S/C9H14N4OS/c1-3-5-15-6-4-10-9(14)8-11-7(2)12-13-8/h3H,1,4-6H2,2H3,(H,10,14)(H,11,12,13). The van der Waals surface area contributed by atoms with Gasteiger partial charge in [-0.15, -0.1) is 11.7 Å². The summed E-state index contributed by atoms with van der Waals surface area (Å²) in [6.45, 7) is 5.98. The monoisotopic (exact) mass is 226 g/mol. The van der Waals surface area contributed by atoms with Crippen LogP contribution in [0.25, 0.3) is 0 Å². The Morgan fingerprint density at radius 1 is 1.73 bits per heavy atom. The van der Waals surface area contributed by atoms with Crippen LogP contribution in [-0.2, 0) is 0 Å². The van der Waals surface area contributed by atoms with Crippen molar-refractivity contribution in [2.75, 3.05) is 18.1 Å². The Morgan fingerprint density at radius 3 is 3.13 bits per heavy atom. The van der Waals surface area contributed by atoms with Gasteiger partial charge in [0, 0.05) is 18.1 Å². The van der Waals surface area contributed by atoms with Crippen LogP contribution in [0.3, 0.4) is 0 Å². The van der Waals surface area contributed by atoms with Crippen molar-refractivity contribution in [3.05, 3.63) is 24.3 Å². The number of aryl methyl sites for hydroxylation is 1. The van der Waals surface area contributed by atoms with Crippen molar-refractivity contribution in [3.63, 3.8) is 0 Å². The highest BCUT2D eigenvalue weighted by Gasteiger charge is 2.09. The minimum atomic E-state index is -0.237. The molecule has 1 aromatic rings. The van der Waals surface area contributed by atoms with Crippen molar-refractivity contribution in [1.29, 1.82) is 0 Å². The Morgan fingerprint density at radius 2 is 2.53 bits per heavy atom. The van der Waals surface area contributed by atoms with E-state index in [1.165, 1.54) is 0 Å². The first-order valence-electron chi connectivity index (χ1n) is 4.60. The molecule has 0 aliphatic carbocycles. The average molecular weight is 226 g/mol. The van der Waals surface area contributed by atoms with Gasteiger partial charge < -0.3 is 5.32 Å².